The fourth-order valence-electron chi connectivity index (χ4n) is 2.32. The molecule has 112 valence electrons. The molecule has 0 aromatic carbocycles. The number of thioether (sulfide) groups is 1. The van der Waals surface area contributed by atoms with Gasteiger partial charge in [0.25, 0.3) is 0 Å². The highest BCUT2D eigenvalue weighted by molar-refractivity contribution is 7.98. The van der Waals surface area contributed by atoms with Crippen LogP contribution in [0.2, 0.25) is 0 Å². The third kappa shape index (κ3) is 2.85. The van der Waals surface area contributed by atoms with E-state index in [1.807, 2.05) is 6.26 Å². The predicted molar refractivity (Wildman–Crippen MR) is 76.1 cm³/mol. The minimum atomic E-state index is -0.443. The molecule has 1 aromatic rings. The molecule has 0 spiro atoms. The molecule has 1 aliphatic carbocycles. The van der Waals surface area contributed by atoms with Crippen molar-refractivity contribution in [2.24, 2.45) is 5.92 Å². The molecular formula is C13H16N4O3S. The van der Waals surface area contributed by atoms with Crippen LogP contribution in [0.4, 0.5) is 5.95 Å². The highest BCUT2D eigenvalue weighted by Gasteiger charge is 2.38. The van der Waals surface area contributed by atoms with Crippen LogP contribution in [-0.2, 0) is 14.3 Å². The summed E-state index contributed by atoms with van der Waals surface area (Å²) in [4.78, 5) is 38.3. The van der Waals surface area contributed by atoms with E-state index in [0.717, 1.165) is 18.7 Å². The molecule has 1 saturated carbocycles. The van der Waals surface area contributed by atoms with Gasteiger partial charge in [0.1, 0.15) is 5.82 Å². The molecule has 2 heterocycles. The van der Waals surface area contributed by atoms with E-state index >= 15 is 0 Å². The maximum Gasteiger partial charge on any atom is 0.311 e. The van der Waals surface area contributed by atoms with Gasteiger partial charge in [0.15, 0.2) is 5.16 Å². The summed E-state index contributed by atoms with van der Waals surface area (Å²) in [7, 11) is 1.33. The van der Waals surface area contributed by atoms with Crippen LogP contribution < -0.4 is 4.90 Å². The second-order valence-corrected chi connectivity index (χ2v) is 5.96. The van der Waals surface area contributed by atoms with Crippen molar-refractivity contribution in [1.82, 2.24) is 15.0 Å². The van der Waals surface area contributed by atoms with E-state index in [1.54, 1.807) is 0 Å². The second kappa shape index (κ2) is 5.59. The Morgan fingerprint density at radius 2 is 2.10 bits per heavy atom. The van der Waals surface area contributed by atoms with Crippen molar-refractivity contribution in [2.45, 2.75) is 30.3 Å². The summed E-state index contributed by atoms with van der Waals surface area (Å²) in [5.41, 5.74) is 0. The van der Waals surface area contributed by atoms with Gasteiger partial charge < -0.3 is 4.74 Å². The summed E-state index contributed by atoms with van der Waals surface area (Å²) in [6.07, 6.45) is 4.19. The number of hydrogen-bond donors (Lipinski definition) is 0. The number of anilines is 1. The third-order valence-electron chi connectivity index (χ3n) is 3.65. The van der Waals surface area contributed by atoms with Crippen LogP contribution in [0.1, 0.15) is 31.0 Å². The largest absolute Gasteiger partial charge is 0.469 e. The number of nitrogens with zero attached hydrogens (tertiary/aromatic N) is 4. The Bertz CT molecular complexity index is 591. The Morgan fingerprint density at radius 1 is 1.33 bits per heavy atom. The van der Waals surface area contributed by atoms with Crippen LogP contribution in [0.5, 0.6) is 0 Å². The summed E-state index contributed by atoms with van der Waals surface area (Å²) in [5, 5.41) is 0.608. The normalized spacial score (nSPS) is 21.7. The van der Waals surface area contributed by atoms with Gasteiger partial charge in [0.2, 0.25) is 11.9 Å². The minimum absolute atomic E-state index is 0.145. The molecule has 1 unspecified atom stereocenters. The summed E-state index contributed by atoms with van der Waals surface area (Å²) < 4.78 is 4.71. The van der Waals surface area contributed by atoms with Crippen molar-refractivity contribution in [3.05, 3.63) is 5.82 Å². The first-order valence-electron chi connectivity index (χ1n) is 6.80. The zero-order chi connectivity index (χ0) is 15.0. The molecule has 21 heavy (non-hydrogen) atoms. The molecule has 3 rings (SSSR count). The summed E-state index contributed by atoms with van der Waals surface area (Å²) in [6.45, 7) is 0.271. The fraction of sp³-hybridized carbons (Fsp3) is 0.615. The number of aromatic nitrogens is 3. The van der Waals surface area contributed by atoms with E-state index in [1.165, 1.54) is 23.8 Å². The Balaban J connectivity index is 1.87. The van der Waals surface area contributed by atoms with Crippen molar-refractivity contribution in [2.75, 3.05) is 24.8 Å². The molecule has 1 aromatic heterocycles. The minimum Gasteiger partial charge on any atom is -0.469 e. The number of esters is 1. The molecule has 2 fully saturated rings. The Kier molecular flexibility index (Phi) is 3.79. The Hall–Kier alpha value is -1.70. The number of methoxy groups -OCH3 is 1. The van der Waals surface area contributed by atoms with E-state index in [2.05, 4.69) is 15.0 Å². The molecular weight excluding hydrogens is 292 g/mol. The lowest BCUT2D eigenvalue weighted by molar-refractivity contribution is -0.145. The van der Waals surface area contributed by atoms with Crippen LogP contribution in [0, 0.1) is 5.92 Å². The van der Waals surface area contributed by atoms with E-state index in [0.29, 0.717) is 17.0 Å². The standard InChI is InChI=1S/C13H16N4O3S/c1-20-11(19)8-5-9(18)17(6-8)12-14-10(7-3-4-7)15-13(16-12)21-2/h7-8H,3-6H2,1-2H3. The van der Waals surface area contributed by atoms with Crippen molar-refractivity contribution in [1.29, 1.82) is 0 Å². The quantitative estimate of drug-likeness (QED) is 0.606. The molecule has 1 amide bonds. The van der Waals surface area contributed by atoms with Crippen LogP contribution in [0.25, 0.3) is 0 Å². The van der Waals surface area contributed by atoms with Gasteiger partial charge in [-0.3, -0.25) is 14.5 Å². The lowest BCUT2D eigenvalue weighted by Crippen LogP contribution is -2.28. The number of ether oxygens (including phenoxy) is 1. The smallest absolute Gasteiger partial charge is 0.311 e. The Labute approximate surface area is 126 Å². The monoisotopic (exact) mass is 308 g/mol. The van der Waals surface area contributed by atoms with Gasteiger partial charge in [-0.25, -0.2) is 4.98 Å². The van der Waals surface area contributed by atoms with Crippen LogP contribution >= 0.6 is 11.8 Å². The molecule has 0 N–H and O–H groups in total. The van der Waals surface area contributed by atoms with Crippen LogP contribution in [0.15, 0.2) is 5.16 Å². The molecule has 1 aliphatic heterocycles. The number of carbonyl (C=O) groups excluding carboxylic acids is 2. The van der Waals surface area contributed by atoms with E-state index < -0.39 is 5.92 Å². The average molecular weight is 308 g/mol. The van der Waals surface area contributed by atoms with Crippen molar-refractivity contribution in [3.8, 4) is 0 Å². The predicted octanol–water partition coefficient (Wildman–Crippen LogP) is 0.997. The number of rotatable bonds is 4. The topological polar surface area (TPSA) is 85.3 Å². The maximum absolute atomic E-state index is 12.1. The van der Waals surface area contributed by atoms with Crippen molar-refractivity contribution >= 4 is 29.6 Å². The first-order valence-corrected chi connectivity index (χ1v) is 8.03. The van der Waals surface area contributed by atoms with Gasteiger partial charge in [0, 0.05) is 18.9 Å². The molecule has 0 radical (unpaired) electrons. The molecule has 1 saturated heterocycles. The molecule has 0 bridgehead atoms. The van der Waals surface area contributed by atoms with Gasteiger partial charge in [-0.1, -0.05) is 11.8 Å². The number of carbonyl (C=O) groups is 2. The molecule has 1 atom stereocenters. The summed E-state index contributed by atoms with van der Waals surface area (Å²) in [5.74, 6) is 0.525. The van der Waals surface area contributed by atoms with Gasteiger partial charge >= 0.3 is 5.97 Å². The molecule has 2 aliphatic rings. The summed E-state index contributed by atoms with van der Waals surface area (Å²) in [6, 6.07) is 0. The zero-order valence-electron chi connectivity index (χ0n) is 11.9. The van der Waals surface area contributed by atoms with Gasteiger partial charge in [-0.15, -0.1) is 0 Å². The lowest BCUT2D eigenvalue weighted by atomic mass is 10.1. The maximum atomic E-state index is 12.1. The third-order valence-corrected chi connectivity index (χ3v) is 4.19. The summed E-state index contributed by atoms with van der Waals surface area (Å²) >= 11 is 1.42. The first kappa shape index (κ1) is 14.2. The van der Waals surface area contributed by atoms with E-state index in [4.69, 9.17) is 4.74 Å². The van der Waals surface area contributed by atoms with Crippen LogP contribution in [0.3, 0.4) is 0 Å². The highest BCUT2D eigenvalue weighted by atomic mass is 32.2. The average Bonchev–Trinajstić information content (AvgIpc) is 3.28. The van der Waals surface area contributed by atoms with Gasteiger partial charge in [-0.05, 0) is 19.1 Å². The Morgan fingerprint density at radius 3 is 2.71 bits per heavy atom. The fourth-order valence-corrected chi connectivity index (χ4v) is 2.68. The molecule has 8 heteroatoms. The van der Waals surface area contributed by atoms with E-state index in [-0.39, 0.29) is 24.8 Å². The first-order chi connectivity index (χ1) is 10.1. The van der Waals surface area contributed by atoms with Gasteiger partial charge in [0.05, 0.1) is 13.0 Å². The number of hydrogen-bond acceptors (Lipinski definition) is 7. The van der Waals surface area contributed by atoms with E-state index in [9.17, 15) is 9.59 Å². The SMILES string of the molecule is COC(=O)C1CC(=O)N(c2nc(SC)nc(C3CC3)n2)C1. The van der Waals surface area contributed by atoms with Crippen molar-refractivity contribution < 1.29 is 14.3 Å². The highest BCUT2D eigenvalue weighted by Crippen LogP contribution is 2.39. The van der Waals surface area contributed by atoms with Crippen LogP contribution in [-0.4, -0.2) is 46.7 Å². The van der Waals surface area contributed by atoms with Gasteiger partial charge in [-0.2, -0.15) is 9.97 Å². The number of amides is 1. The molecule has 7 nitrogen and oxygen atoms in total. The lowest BCUT2D eigenvalue weighted by Gasteiger charge is -2.15. The zero-order valence-corrected chi connectivity index (χ0v) is 12.7. The van der Waals surface area contributed by atoms with Crippen molar-refractivity contribution in [3.63, 3.8) is 0 Å². The second-order valence-electron chi connectivity index (χ2n) is 5.18.